The summed E-state index contributed by atoms with van der Waals surface area (Å²) in [6.07, 6.45) is 4.43. The van der Waals surface area contributed by atoms with Crippen molar-refractivity contribution in [3.05, 3.63) is 58.3 Å². The average molecular weight is 464 g/mol. The Kier molecular flexibility index (Phi) is 6.38. The SMILES string of the molecule is COc1ccc(-c2csc(NC(=S)NC(=O)/C=C/c3ccco3)n2)cc1Br. The van der Waals surface area contributed by atoms with Crippen LogP contribution in [0.25, 0.3) is 17.3 Å². The Balaban J connectivity index is 1.59. The molecule has 0 radical (unpaired) electrons. The van der Waals surface area contributed by atoms with Crippen molar-refractivity contribution in [3.63, 3.8) is 0 Å². The molecule has 0 aliphatic heterocycles. The molecular formula is C18H14BrN3O3S2. The maximum Gasteiger partial charge on any atom is 0.250 e. The molecular weight excluding hydrogens is 450 g/mol. The molecule has 0 aliphatic carbocycles. The zero-order chi connectivity index (χ0) is 19.2. The largest absolute Gasteiger partial charge is 0.496 e. The van der Waals surface area contributed by atoms with Crippen molar-refractivity contribution in [2.75, 3.05) is 12.4 Å². The molecule has 0 aliphatic rings. The zero-order valence-corrected chi connectivity index (χ0v) is 17.3. The number of halogens is 1. The topological polar surface area (TPSA) is 76.4 Å². The van der Waals surface area contributed by atoms with Crippen LogP contribution in [0.1, 0.15) is 5.76 Å². The Morgan fingerprint density at radius 2 is 2.26 bits per heavy atom. The molecule has 1 amide bonds. The van der Waals surface area contributed by atoms with Crippen molar-refractivity contribution in [1.82, 2.24) is 10.3 Å². The van der Waals surface area contributed by atoms with E-state index < -0.39 is 0 Å². The second kappa shape index (κ2) is 8.94. The van der Waals surface area contributed by atoms with Crippen LogP contribution in [-0.4, -0.2) is 23.1 Å². The summed E-state index contributed by atoms with van der Waals surface area (Å²) in [7, 11) is 1.61. The van der Waals surface area contributed by atoms with Gasteiger partial charge in [0.15, 0.2) is 10.2 Å². The molecule has 9 heteroatoms. The molecule has 27 heavy (non-hydrogen) atoms. The molecule has 3 rings (SSSR count). The number of furan rings is 1. The number of thiazole rings is 1. The van der Waals surface area contributed by atoms with Crippen LogP contribution >= 0.6 is 39.5 Å². The van der Waals surface area contributed by atoms with E-state index in [0.717, 1.165) is 21.5 Å². The number of hydrogen-bond donors (Lipinski definition) is 2. The number of nitrogens with one attached hydrogen (secondary N) is 2. The number of methoxy groups -OCH3 is 1. The van der Waals surface area contributed by atoms with Crippen LogP contribution in [0.4, 0.5) is 5.13 Å². The van der Waals surface area contributed by atoms with Gasteiger partial charge in [-0.2, -0.15) is 0 Å². The van der Waals surface area contributed by atoms with Crippen LogP contribution in [0.5, 0.6) is 5.75 Å². The van der Waals surface area contributed by atoms with Crippen LogP contribution in [0.2, 0.25) is 0 Å². The molecule has 0 spiro atoms. The van der Waals surface area contributed by atoms with Gasteiger partial charge in [-0.05, 0) is 64.6 Å². The fourth-order valence-corrected chi connectivity index (χ4v) is 3.64. The molecule has 2 aromatic heterocycles. The number of carbonyl (C=O) groups excluding carboxylic acids is 1. The van der Waals surface area contributed by atoms with Gasteiger partial charge >= 0.3 is 0 Å². The normalized spacial score (nSPS) is 10.7. The third-order valence-electron chi connectivity index (χ3n) is 3.35. The van der Waals surface area contributed by atoms with E-state index in [0.29, 0.717) is 10.9 Å². The predicted molar refractivity (Wildman–Crippen MR) is 114 cm³/mol. The maximum atomic E-state index is 11.9. The highest BCUT2D eigenvalue weighted by Gasteiger charge is 2.09. The Hall–Kier alpha value is -2.49. The van der Waals surface area contributed by atoms with E-state index in [-0.39, 0.29) is 11.0 Å². The number of aromatic nitrogens is 1. The summed E-state index contributed by atoms with van der Waals surface area (Å²) in [6.45, 7) is 0. The van der Waals surface area contributed by atoms with E-state index in [2.05, 4.69) is 31.5 Å². The van der Waals surface area contributed by atoms with Crippen LogP contribution in [0, 0.1) is 0 Å². The highest BCUT2D eigenvalue weighted by Crippen LogP contribution is 2.31. The van der Waals surface area contributed by atoms with E-state index in [4.69, 9.17) is 21.4 Å². The summed E-state index contributed by atoms with van der Waals surface area (Å²) in [5.74, 6) is 0.970. The molecule has 0 saturated heterocycles. The smallest absolute Gasteiger partial charge is 0.250 e. The Labute approximate surface area is 173 Å². The number of rotatable bonds is 5. The molecule has 0 bridgehead atoms. The van der Waals surface area contributed by atoms with Gasteiger partial charge in [0.25, 0.3) is 0 Å². The van der Waals surface area contributed by atoms with Gasteiger partial charge in [-0.1, -0.05) is 0 Å². The Morgan fingerprint density at radius 3 is 2.96 bits per heavy atom. The van der Waals surface area contributed by atoms with Crippen molar-refractivity contribution in [3.8, 4) is 17.0 Å². The molecule has 138 valence electrons. The monoisotopic (exact) mass is 463 g/mol. The lowest BCUT2D eigenvalue weighted by Gasteiger charge is -2.05. The van der Waals surface area contributed by atoms with Gasteiger partial charge < -0.3 is 14.5 Å². The quantitative estimate of drug-likeness (QED) is 0.421. The van der Waals surface area contributed by atoms with Crippen molar-refractivity contribution in [1.29, 1.82) is 0 Å². The number of thiocarbonyl (C=S) groups is 1. The second-order valence-corrected chi connectivity index (χ2v) is 7.30. The maximum absolute atomic E-state index is 11.9. The summed E-state index contributed by atoms with van der Waals surface area (Å²) in [5.41, 5.74) is 1.72. The van der Waals surface area contributed by atoms with Crippen molar-refractivity contribution >= 4 is 61.7 Å². The molecule has 0 fully saturated rings. The van der Waals surface area contributed by atoms with Gasteiger partial charge in [0, 0.05) is 17.0 Å². The third kappa shape index (κ3) is 5.25. The van der Waals surface area contributed by atoms with Crippen LogP contribution in [-0.2, 0) is 4.79 Å². The fraction of sp³-hybridized carbons (Fsp3) is 0.0556. The molecule has 3 aromatic rings. The van der Waals surface area contributed by atoms with E-state index in [1.807, 2.05) is 23.6 Å². The highest BCUT2D eigenvalue weighted by atomic mass is 79.9. The average Bonchev–Trinajstić information content (AvgIpc) is 3.31. The van der Waals surface area contributed by atoms with Crippen LogP contribution < -0.4 is 15.4 Å². The number of carbonyl (C=O) groups is 1. The first-order valence-electron chi connectivity index (χ1n) is 7.68. The fourth-order valence-electron chi connectivity index (χ4n) is 2.12. The van der Waals surface area contributed by atoms with Crippen molar-refractivity contribution < 1.29 is 13.9 Å². The summed E-state index contributed by atoms with van der Waals surface area (Å²) in [5, 5.41) is 8.12. The summed E-state index contributed by atoms with van der Waals surface area (Å²) in [6, 6.07) is 9.20. The number of nitrogens with zero attached hydrogens (tertiary/aromatic N) is 1. The summed E-state index contributed by atoms with van der Waals surface area (Å²) >= 11 is 10.00. The Morgan fingerprint density at radius 1 is 1.41 bits per heavy atom. The van der Waals surface area contributed by atoms with Gasteiger partial charge in [0.2, 0.25) is 5.91 Å². The number of amides is 1. The molecule has 2 N–H and O–H groups in total. The molecule has 6 nitrogen and oxygen atoms in total. The number of anilines is 1. The second-order valence-electron chi connectivity index (χ2n) is 5.18. The molecule has 0 atom stereocenters. The molecule has 1 aromatic carbocycles. The number of ether oxygens (including phenoxy) is 1. The van der Waals surface area contributed by atoms with Crippen LogP contribution in [0.15, 0.2) is 56.9 Å². The van der Waals surface area contributed by atoms with E-state index in [1.54, 1.807) is 25.3 Å². The van der Waals surface area contributed by atoms with Gasteiger partial charge in [-0.25, -0.2) is 4.98 Å². The number of benzene rings is 1. The minimum absolute atomic E-state index is 0.168. The molecule has 2 heterocycles. The van der Waals surface area contributed by atoms with E-state index in [1.165, 1.54) is 23.7 Å². The van der Waals surface area contributed by atoms with E-state index in [9.17, 15) is 4.79 Å². The minimum Gasteiger partial charge on any atom is -0.496 e. The van der Waals surface area contributed by atoms with Gasteiger partial charge in [-0.3, -0.25) is 10.1 Å². The van der Waals surface area contributed by atoms with Crippen molar-refractivity contribution in [2.24, 2.45) is 0 Å². The lowest BCUT2D eigenvalue weighted by Crippen LogP contribution is -2.32. The first-order valence-corrected chi connectivity index (χ1v) is 9.76. The van der Waals surface area contributed by atoms with Crippen molar-refractivity contribution in [2.45, 2.75) is 0 Å². The molecule has 0 saturated carbocycles. The summed E-state index contributed by atoms with van der Waals surface area (Å²) in [4.78, 5) is 16.3. The lowest BCUT2D eigenvalue weighted by molar-refractivity contribution is -0.115. The minimum atomic E-state index is -0.361. The first-order chi connectivity index (χ1) is 13.0. The number of hydrogen-bond acceptors (Lipinski definition) is 6. The zero-order valence-electron chi connectivity index (χ0n) is 14.1. The predicted octanol–water partition coefficient (Wildman–Crippen LogP) is 4.70. The van der Waals surface area contributed by atoms with Gasteiger partial charge in [0.05, 0.1) is 23.5 Å². The first kappa shape index (κ1) is 19.3. The third-order valence-corrected chi connectivity index (χ3v) is 4.93. The molecule has 0 unspecified atom stereocenters. The van der Waals surface area contributed by atoms with Gasteiger partial charge in [0.1, 0.15) is 11.5 Å². The van der Waals surface area contributed by atoms with Crippen LogP contribution in [0.3, 0.4) is 0 Å². The summed E-state index contributed by atoms with van der Waals surface area (Å²) < 4.78 is 11.2. The van der Waals surface area contributed by atoms with E-state index >= 15 is 0 Å². The standard InChI is InChI=1S/C18H14BrN3O3S2/c1-24-15-6-4-11(9-13(15)19)14-10-27-18(20-14)22-17(26)21-16(23)7-5-12-3-2-8-25-12/h2-10H,1H3,(H2,20,21,22,23,26)/b7-5+. The Bertz CT molecular complexity index is 984. The van der Waals surface area contributed by atoms with Gasteiger partial charge in [-0.15, -0.1) is 11.3 Å². The lowest BCUT2D eigenvalue weighted by atomic mass is 10.2. The highest BCUT2D eigenvalue weighted by molar-refractivity contribution is 9.10.